The van der Waals surface area contributed by atoms with Gasteiger partial charge in [-0.05, 0) is 37.5 Å². The van der Waals surface area contributed by atoms with Crippen LogP contribution in [0, 0.1) is 20.8 Å². The van der Waals surface area contributed by atoms with Gasteiger partial charge in [0.05, 0.1) is 0 Å². The van der Waals surface area contributed by atoms with Crippen molar-refractivity contribution in [3.63, 3.8) is 0 Å². The Labute approximate surface area is 80.6 Å². The molecule has 0 spiro atoms. The van der Waals surface area contributed by atoms with Crippen LogP contribution in [0.1, 0.15) is 22.3 Å². The molecule has 1 aromatic carbocycles. The van der Waals surface area contributed by atoms with Crippen LogP contribution in [-0.2, 0) is 0 Å². The SMILES string of the molecule is C=C/C=C/c1c(C)cc(C)cc1C. The Balaban J connectivity index is 3.20. The zero-order valence-corrected chi connectivity index (χ0v) is 8.59. The van der Waals surface area contributed by atoms with Gasteiger partial charge in [-0.2, -0.15) is 0 Å². The lowest BCUT2D eigenvalue weighted by Gasteiger charge is -2.06. The number of rotatable bonds is 2. The largest absolute Gasteiger partial charge is 0.0991 e. The maximum atomic E-state index is 3.67. The summed E-state index contributed by atoms with van der Waals surface area (Å²) in [4.78, 5) is 0. The molecular weight excluding hydrogens is 156 g/mol. The predicted molar refractivity (Wildman–Crippen MR) is 59.9 cm³/mol. The van der Waals surface area contributed by atoms with Crippen LogP contribution in [0.4, 0.5) is 0 Å². The molecule has 0 saturated heterocycles. The van der Waals surface area contributed by atoms with Gasteiger partial charge < -0.3 is 0 Å². The summed E-state index contributed by atoms with van der Waals surface area (Å²) in [6.07, 6.45) is 5.89. The Bertz CT molecular complexity index is 320. The van der Waals surface area contributed by atoms with Crippen molar-refractivity contribution in [3.8, 4) is 0 Å². The fraction of sp³-hybridized carbons (Fsp3) is 0.231. The van der Waals surface area contributed by atoms with Gasteiger partial charge >= 0.3 is 0 Å². The van der Waals surface area contributed by atoms with Crippen LogP contribution >= 0.6 is 0 Å². The Morgan fingerprint density at radius 1 is 1.08 bits per heavy atom. The predicted octanol–water partition coefficient (Wildman–Crippen LogP) is 3.81. The number of benzene rings is 1. The molecule has 1 aromatic rings. The van der Waals surface area contributed by atoms with Gasteiger partial charge in [-0.15, -0.1) is 0 Å². The van der Waals surface area contributed by atoms with Crippen molar-refractivity contribution in [3.05, 3.63) is 53.1 Å². The molecule has 0 aliphatic rings. The second kappa shape index (κ2) is 4.08. The molecule has 0 bridgehead atoms. The molecule has 0 unspecified atom stereocenters. The highest BCUT2D eigenvalue weighted by molar-refractivity contribution is 5.59. The van der Waals surface area contributed by atoms with Crippen LogP contribution in [0.25, 0.3) is 6.08 Å². The molecule has 68 valence electrons. The molecular formula is C13H16. The zero-order chi connectivity index (χ0) is 9.84. The van der Waals surface area contributed by atoms with E-state index in [1.54, 1.807) is 6.08 Å². The van der Waals surface area contributed by atoms with Crippen molar-refractivity contribution in [2.24, 2.45) is 0 Å². The van der Waals surface area contributed by atoms with Crippen molar-refractivity contribution in [2.45, 2.75) is 20.8 Å². The number of aryl methyl sites for hydroxylation is 3. The standard InChI is InChI=1S/C13H16/c1-5-6-7-13-11(3)8-10(2)9-12(13)4/h5-9H,1H2,2-4H3/b7-6+. The minimum Gasteiger partial charge on any atom is -0.0991 e. The average molecular weight is 172 g/mol. The Hall–Kier alpha value is -1.30. The lowest BCUT2D eigenvalue weighted by Crippen LogP contribution is -1.87. The highest BCUT2D eigenvalue weighted by Crippen LogP contribution is 2.17. The average Bonchev–Trinajstić information content (AvgIpc) is 2.02. The smallest absolute Gasteiger partial charge is 0.0198 e. The molecule has 0 saturated carbocycles. The maximum Gasteiger partial charge on any atom is -0.0198 e. The van der Waals surface area contributed by atoms with Gasteiger partial charge in [-0.3, -0.25) is 0 Å². The van der Waals surface area contributed by atoms with Crippen LogP contribution in [0.15, 0.2) is 30.9 Å². The van der Waals surface area contributed by atoms with E-state index in [1.165, 1.54) is 22.3 Å². The van der Waals surface area contributed by atoms with Crippen molar-refractivity contribution in [1.29, 1.82) is 0 Å². The monoisotopic (exact) mass is 172 g/mol. The minimum atomic E-state index is 1.31. The first-order valence-electron chi connectivity index (χ1n) is 4.52. The van der Waals surface area contributed by atoms with E-state index in [0.717, 1.165) is 0 Å². The third kappa shape index (κ3) is 2.32. The lowest BCUT2D eigenvalue weighted by atomic mass is 9.99. The first-order valence-corrected chi connectivity index (χ1v) is 4.52. The summed E-state index contributed by atoms with van der Waals surface area (Å²) in [7, 11) is 0. The van der Waals surface area contributed by atoms with E-state index in [2.05, 4.69) is 45.6 Å². The fourth-order valence-electron chi connectivity index (χ4n) is 1.62. The van der Waals surface area contributed by atoms with Gasteiger partial charge in [-0.25, -0.2) is 0 Å². The lowest BCUT2D eigenvalue weighted by molar-refractivity contribution is 1.30. The van der Waals surface area contributed by atoms with E-state index in [4.69, 9.17) is 0 Å². The first kappa shape index (κ1) is 9.79. The Morgan fingerprint density at radius 3 is 2.08 bits per heavy atom. The Kier molecular flexibility index (Phi) is 3.07. The minimum absolute atomic E-state index is 1.31. The summed E-state index contributed by atoms with van der Waals surface area (Å²) in [6.45, 7) is 10.1. The van der Waals surface area contributed by atoms with Gasteiger partial charge in [0.25, 0.3) is 0 Å². The second-order valence-corrected chi connectivity index (χ2v) is 3.41. The van der Waals surface area contributed by atoms with Crippen molar-refractivity contribution in [1.82, 2.24) is 0 Å². The molecule has 0 amide bonds. The van der Waals surface area contributed by atoms with Gasteiger partial charge in [0.1, 0.15) is 0 Å². The van der Waals surface area contributed by atoms with Crippen LogP contribution in [0.2, 0.25) is 0 Å². The van der Waals surface area contributed by atoms with Gasteiger partial charge in [-0.1, -0.05) is 42.5 Å². The summed E-state index contributed by atoms with van der Waals surface area (Å²) in [5.41, 5.74) is 5.29. The molecule has 0 aliphatic carbocycles. The molecule has 0 aromatic heterocycles. The highest BCUT2D eigenvalue weighted by atomic mass is 14.0. The molecule has 0 fully saturated rings. The quantitative estimate of drug-likeness (QED) is 0.595. The summed E-state index contributed by atoms with van der Waals surface area (Å²) in [5.74, 6) is 0. The maximum absolute atomic E-state index is 3.67. The second-order valence-electron chi connectivity index (χ2n) is 3.41. The number of hydrogen-bond acceptors (Lipinski definition) is 0. The first-order chi connectivity index (χ1) is 6.15. The molecule has 13 heavy (non-hydrogen) atoms. The summed E-state index contributed by atoms with van der Waals surface area (Å²) in [6, 6.07) is 4.41. The van der Waals surface area contributed by atoms with E-state index in [1.807, 2.05) is 6.08 Å². The molecule has 0 radical (unpaired) electrons. The summed E-state index contributed by atoms with van der Waals surface area (Å²) in [5, 5.41) is 0. The Morgan fingerprint density at radius 2 is 1.62 bits per heavy atom. The molecule has 0 nitrogen and oxygen atoms in total. The highest BCUT2D eigenvalue weighted by Gasteiger charge is 1.98. The van der Waals surface area contributed by atoms with Crippen molar-refractivity contribution in [2.75, 3.05) is 0 Å². The summed E-state index contributed by atoms with van der Waals surface area (Å²) >= 11 is 0. The van der Waals surface area contributed by atoms with E-state index in [-0.39, 0.29) is 0 Å². The zero-order valence-electron chi connectivity index (χ0n) is 8.59. The van der Waals surface area contributed by atoms with E-state index in [0.29, 0.717) is 0 Å². The van der Waals surface area contributed by atoms with Gasteiger partial charge in [0.2, 0.25) is 0 Å². The molecule has 0 heterocycles. The third-order valence-electron chi connectivity index (χ3n) is 2.14. The van der Waals surface area contributed by atoms with Crippen molar-refractivity contribution >= 4 is 6.08 Å². The normalized spacial score (nSPS) is 10.7. The van der Waals surface area contributed by atoms with Crippen LogP contribution in [0.5, 0.6) is 0 Å². The van der Waals surface area contributed by atoms with Crippen LogP contribution < -0.4 is 0 Å². The fourth-order valence-corrected chi connectivity index (χ4v) is 1.62. The molecule has 0 N–H and O–H groups in total. The number of hydrogen-bond donors (Lipinski definition) is 0. The van der Waals surface area contributed by atoms with Crippen molar-refractivity contribution < 1.29 is 0 Å². The topological polar surface area (TPSA) is 0 Å². The van der Waals surface area contributed by atoms with Gasteiger partial charge in [0.15, 0.2) is 0 Å². The molecule has 0 atom stereocenters. The van der Waals surface area contributed by atoms with E-state index >= 15 is 0 Å². The van der Waals surface area contributed by atoms with E-state index in [9.17, 15) is 0 Å². The molecule has 0 heteroatoms. The molecule has 1 rings (SSSR count). The number of allylic oxidation sites excluding steroid dienone is 2. The van der Waals surface area contributed by atoms with E-state index < -0.39 is 0 Å². The van der Waals surface area contributed by atoms with Crippen LogP contribution in [-0.4, -0.2) is 0 Å². The third-order valence-corrected chi connectivity index (χ3v) is 2.14. The van der Waals surface area contributed by atoms with Crippen LogP contribution in [0.3, 0.4) is 0 Å². The van der Waals surface area contributed by atoms with Gasteiger partial charge in [0, 0.05) is 0 Å². The molecule has 0 aliphatic heterocycles. The summed E-state index contributed by atoms with van der Waals surface area (Å²) < 4.78 is 0.